The van der Waals surface area contributed by atoms with Crippen LogP contribution in [0.4, 0.5) is 5.82 Å². The number of nitrogens with zero attached hydrogens (tertiary/aromatic N) is 2. The van der Waals surface area contributed by atoms with Crippen molar-refractivity contribution in [2.24, 2.45) is 0 Å². The van der Waals surface area contributed by atoms with Crippen molar-refractivity contribution < 1.29 is 18.7 Å². The third-order valence-electron chi connectivity index (χ3n) is 5.70. The van der Waals surface area contributed by atoms with Crippen LogP contribution in [-0.4, -0.2) is 24.0 Å². The largest absolute Gasteiger partial charge is 0.465 e. The number of esters is 1. The number of halogens is 1. The fourth-order valence-electron chi connectivity index (χ4n) is 4.06. The number of benzene rings is 2. The molecule has 1 amide bonds. The fourth-order valence-corrected chi connectivity index (χ4v) is 4.22. The van der Waals surface area contributed by atoms with Crippen molar-refractivity contribution in [1.82, 2.24) is 4.98 Å². The molecule has 0 radical (unpaired) electrons. The lowest BCUT2D eigenvalue weighted by Crippen LogP contribution is -2.30. The first-order valence-electron chi connectivity index (χ1n) is 10.1. The van der Waals surface area contributed by atoms with Crippen LogP contribution in [0.15, 0.2) is 70.0 Å². The maximum absolute atomic E-state index is 13.6. The van der Waals surface area contributed by atoms with Crippen LogP contribution in [0.5, 0.6) is 0 Å². The normalized spacial score (nSPS) is 15.1. The Morgan fingerprint density at radius 3 is 2.55 bits per heavy atom. The van der Waals surface area contributed by atoms with Crippen LogP contribution in [-0.2, 0) is 4.74 Å². The van der Waals surface area contributed by atoms with Crippen LogP contribution in [0, 0.1) is 6.92 Å². The highest BCUT2D eigenvalue weighted by Gasteiger charge is 2.44. The molecule has 3 heterocycles. The van der Waals surface area contributed by atoms with Crippen LogP contribution >= 0.6 is 11.6 Å². The van der Waals surface area contributed by atoms with Gasteiger partial charge in [0.1, 0.15) is 11.4 Å². The number of ether oxygens (including phenoxy) is 1. The molecule has 8 heteroatoms. The maximum Gasteiger partial charge on any atom is 0.337 e. The fraction of sp³-hybridized carbons (Fsp3) is 0.120. The molecule has 0 saturated carbocycles. The first-order valence-corrected chi connectivity index (χ1v) is 10.5. The third kappa shape index (κ3) is 3.29. The first-order chi connectivity index (χ1) is 15.9. The number of fused-ring (bicyclic) bond motifs is 2. The highest BCUT2D eigenvalue weighted by atomic mass is 35.5. The molecule has 0 bridgehead atoms. The van der Waals surface area contributed by atoms with Crippen LogP contribution in [0.1, 0.15) is 43.6 Å². The number of hydrogen-bond donors (Lipinski definition) is 0. The second kappa shape index (κ2) is 7.86. The predicted molar refractivity (Wildman–Crippen MR) is 123 cm³/mol. The van der Waals surface area contributed by atoms with Crippen molar-refractivity contribution in [3.63, 3.8) is 0 Å². The Hall–Kier alpha value is -3.97. The van der Waals surface area contributed by atoms with E-state index in [0.717, 1.165) is 5.56 Å². The Morgan fingerprint density at radius 1 is 1.12 bits per heavy atom. The van der Waals surface area contributed by atoms with Crippen LogP contribution in [0.25, 0.3) is 11.0 Å². The Bertz CT molecular complexity index is 1480. The minimum atomic E-state index is -0.796. The second-order valence-corrected chi connectivity index (χ2v) is 8.06. The molecular weight excluding hydrogens is 444 g/mol. The molecule has 1 atom stereocenters. The molecule has 0 spiro atoms. The standard InChI is InChI=1S/C25H17ClN2O5/c1-13-11-18-16(12-17(13)26)22(29)20-21(14-6-8-15(9-7-14)25(31)32-2)28(24(30)23(20)33-18)19-5-3-4-10-27-19/h3-12,21H,1-2H3/t21-/m0/s1. The summed E-state index contributed by atoms with van der Waals surface area (Å²) >= 11 is 6.27. The van der Waals surface area contributed by atoms with Crippen molar-refractivity contribution in [3.8, 4) is 0 Å². The molecular formula is C25H17ClN2O5. The molecule has 33 heavy (non-hydrogen) atoms. The lowest BCUT2D eigenvalue weighted by Gasteiger charge is -2.24. The van der Waals surface area contributed by atoms with Crippen molar-refractivity contribution in [1.29, 1.82) is 0 Å². The number of aryl methyl sites for hydroxylation is 1. The van der Waals surface area contributed by atoms with Gasteiger partial charge in [-0.15, -0.1) is 0 Å². The Kier molecular flexibility index (Phi) is 4.98. The van der Waals surface area contributed by atoms with Gasteiger partial charge in [-0.05, 0) is 54.4 Å². The van der Waals surface area contributed by atoms with Gasteiger partial charge < -0.3 is 9.15 Å². The molecule has 4 aromatic rings. The molecule has 164 valence electrons. The van der Waals surface area contributed by atoms with Crippen LogP contribution < -0.4 is 10.3 Å². The molecule has 0 saturated heterocycles. The molecule has 2 aromatic carbocycles. The van der Waals surface area contributed by atoms with Crippen molar-refractivity contribution in [2.45, 2.75) is 13.0 Å². The van der Waals surface area contributed by atoms with E-state index in [1.807, 2.05) is 0 Å². The molecule has 0 fully saturated rings. The molecule has 1 aliphatic heterocycles. The summed E-state index contributed by atoms with van der Waals surface area (Å²) in [4.78, 5) is 44.7. The summed E-state index contributed by atoms with van der Waals surface area (Å²) in [6.07, 6.45) is 1.57. The smallest absolute Gasteiger partial charge is 0.337 e. The van der Waals surface area contributed by atoms with Gasteiger partial charge in [-0.3, -0.25) is 14.5 Å². The van der Waals surface area contributed by atoms with Gasteiger partial charge in [-0.25, -0.2) is 9.78 Å². The van der Waals surface area contributed by atoms with Gasteiger partial charge in [0.25, 0.3) is 5.91 Å². The predicted octanol–water partition coefficient (Wildman–Crippen LogP) is 4.69. The summed E-state index contributed by atoms with van der Waals surface area (Å²) in [6.45, 7) is 1.79. The minimum Gasteiger partial charge on any atom is -0.465 e. The monoisotopic (exact) mass is 460 g/mol. The molecule has 0 unspecified atom stereocenters. The van der Waals surface area contributed by atoms with Gasteiger partial charge in [-0.2, -0.15) is 0 Å². The molecule has 7 nitrogen and oxygen atoms in total. The van der Waals surface area contributed by atoms with Crippen LogP contribution in [0.3, 0.4) is 0 Å². The van der Waals surface area contributed by atoms with Crippen LogP contribution in [0.2, 0.25) is 5.02 Å². The van der Waals surface area contributed by atoms with Crippen molar-refractivity contribution >= 4 is 40.3 Å². The lowest BCUT2D eigenvalue weighted by molar-refractivity contribution is 0.0600. The second-order valence-electron chi connectivity index (χ2n) is 7.65. The van der Waals surface area contributed by atoms with Gasteiger partial charge in [0.05, 0.1) is 29.7 Å². The van der Waals surface area contributed by atoms with E-state index in [2.05, 4.69) is 4.98 Å². The highest BCUT2D eigenvalue weighted by Crippen LogP contribution is 2.40. The summed E-state index contributed by atoms with van der Waals surface area (Å²) in [5, 5.41) is 0.718. The van der Waals surface area contributed by atoms with E-state index in [4.69, 9.17) is 20.8 Å². The number of aromatic nitrogens is 1. The third-order valence-corrected chi connectivity index (χ3v) is 6.10. The van der Waals surface area contributed by atoms with E-state index in [0.29, 0.717) is 22.0 Å². The number of carbonyl (C=O) groups excluding carboxylic acids is 2. The van der Waals surface area contributed by atoms with Gasteiger partial charge in [-0.1, -0.05) is 29.8 Å². The maximum atomic E-state index is 13.6. The van der Waals surface area contributed by atoms with Crippen molar-refractivity contribution in [2.75, 3.05) is 12.0 Å². The SMILES string of the molecule is COC(=O)c1ccc([C@H]2c3c(oc4cc(C)c(Cl)cc4c3=O)C(=O)N2c2ccccn2)cc1. The first kappa shape index (κ1) is 20.9. The summed E-state index contributed by atoms with van der Waals surface area (Å²) < 4.78 is 10.7. The zero-order valence-corrected chi connectivity index (χ0v) is 18.4. The number of anilines is 1. The van der Waals surface area contributed by atoms with E-state index < -0.39 is 17.9 Å². The topological polar surface area (TPSA) is 89.7 Å². The summed E-state index contributed by atoms with van der Waals surface area (Å²) in [5.41, 5.74) is 1.84. The number of pyridine rings is 1. The molecule has 0 aliphatic carbocycles. The van der Waals surface area contributed by atoms with Gasteiger partial charge >= 0.3 is 5.97 Å². The molecule has 2 aromatic heterocycles. The van der Waals surface area contributed by atoms with Crippen molar-refractivity contribution in [3.05, 3.63) is 104 Å². The van der Waals surface area contributed by atoms with E-state index in [9.17, 15) is 14.4 Å². The number of hydrogen-bond acceptors (Lipinski definition) is 6. The molecule has 0 N–H and O–H groups in total. The molecule has 1 aliphatic rings. The van der Waals surface area contributed by atoms with Gasteiger partial charge in [0.15, 0.2) is 5.43 Å². The zero-order chi connectivity index (χ0) is 23.3. The number of methoxy groups -OCH3 is 1. The van der Waals surface area contributed by atoms with Gasteiger partial charge in [0.2, 0.25) is 5.76 Å². The van der Waals surface area contributed by atoms with E-state index in [1.165, 1.54) is 12.0 Å². The Balaban J connectivity index is 1.77. The highest BCUT2D eigenvalue weighted by molar-refractivity contribution is 6.32. The van der Waals surface area contributed by atoms with E-state index in [-0.39, 0.29) is 27.7 Å². The zero-order valence-electron chi connectivity index (χ0n) is 17.7. The quantitative estimate of drug-likeness (QED) is 0.412. The van der Waals surface area contributed by atoms with Gasteiger partial charge in [0, 0.05) is 11.2 Å². The average Bonchev–Trinajstić information content (AvgIpc) is 3.13. The Labute approximate surface area is 193 Å². The summed E-state index contributed by atoms with van der Waals surface area (Å²) in [7, 11) is 1.30. The summed E-state index contributed by atoms with van der Waals surface area (Å²) in [6, 6.07) is 14.1. The number of rotatable bonds is 3. The van der Waals surface area contributed by atoms with E-state index >= 15 is 0 Å². The molecule has 5 rings (SSSR count). The average molecular weight is 461 g/mol. The minimum absolute atomic E-state index is 0.0399. The lowest BCUT2D eigenvalue weighted by atomic mass is 9.97. The number of carbonyl (C=O) groups is 2. The Morgan fingerprint density at radius 2 is 1.88 bits per heavy atom. The van der Waals surface area contributed by atoms with E-state index in [1.54, 1.807) is 67.7 Å². The number of amides is 1. The summed E-state index contributed by atoms with van der Waals surface area (Å²) in [5.74, 6) is -0.630.